The van der Waals surface area contributed by atoms with Gasteiger partial charge < -0.3 is 10.7 Å². The van der Waals surface area contributed by atoms with Crippen molar-refractivity contribution in [3.05, 3.63) is 51.9 Å². The lowest BCUT2D eigenvalue weighted by molar-refractivity contribution is 0.891. The summed E-state index contributed by atoms with van der Waals surface area (Å²) in [6, 6.07) is 9.06. The van der Waals surface area contributed by atoms with Crippen LogP contribution in [0.25, 0.3) is 5.65 Å². The topological polar surface area (TPSA) is 101 Å². The molecule has 0 saturated heterocycles. The number of rotatable bonds is 2. The van der Waals surface area contributed by atoms with E-state index < -0.39 is 0 Å². The maximum Gasteiger partial charge on any atom is 0.251 e. The Bertz CT molecular complexity index is 905. The van der Waals surface area contributed by atoms with Gasteiger partial charge in [0.05, 0.1) is 5.69 Å². The number of aryl methyl sites for hydroxylation is 2. The van der Waals surface area contributed by atoms with E-state index in [4.69, 9.17) is 5.73 Å². The highest BCUT2D eigenvalue weighted by molar-refractivity contribution is 5.75. The van der Waals surface area contributed by atoms with E-state index >= 15 is 0 Å². The van der Waals surface area contributed by atoms with Crippen molar-refractivity contribution in [3.63, 3.8) is 0 Å². The maximum absolute atomic E-state index is 11.6. The van der Waals surface area contributed by atoms with Crippen LogP contribution in [0, 0.1) is 13.8 Å². The summed E-state index contributed by atoms with van der Waals surface area (Å²) in [5, 5.41) is 12.5. The molecule has 0 radical (unpaired) electrons. The van der Waals surface area contributed by atoms with Crippen LogP contribution >= 0.6 is 0 Å². The van der Waals surface area contributed by atoms with E-state index in [1.54, 1.807) is 11.4 Å². The van der Waals surface area contributed by atoms with Gasteiger partial charge in [0.15, 0.2) is 17.2 Å². The summed E-state index contributed by atoms with van der Waals surface area (Å²) in [6.07, 6.45) is 0. The number of nitrogens with zero attached hydrogens (tertiary/aromatic N) is 4. The first-order valence-corrected chi connectivity index (χ1v) is 6.42. The SMILES string of the molecule is Cc1ccccc1N=Nc1c(N)nn2c(C)cc(=O)[nH]c12. The fourth-order valence-electron chi connectivity index (χ4n) is 2.08. The lowest BCUT2D eigenvalue weighted by Gasteiger charge is -1.98. The highest BCUT2D eigenvalue weighted by Crippen LogP contribution is 2.28. The molecule has 106 valence electrons. The molecule has 0 bridgehead atoms. The van der Waals surface area contributed by atoms with E-state index in [1.165, 1.54) is 6.07 Å². The maximum atomic E-state index is 11.6. The number of nitrogen functional groups attached to an aromatic ring is 1. The molecule has 0 spiro atoms. The molecule has 2 heterocycles. The second kappa shape index (κ2) is 4.86. The van der Waals surface area contributed by atoms with Gasteiger partial charge in [0, 0.05) is 11.8 Å². The van der Waals surface area contributed by atoms with Gasteiger partial charge in [-0.3, -0.25) is 4.79 Å². The number of benzene rings is 1. The third kappa shape index (κ3) is 2.29. The summed E-state index contributed by atoms with van der Waals surface area (Å²) >= 11 is 0. The molecule has 21 heavy (non-hydrogen) atoms. The minimum Gasteiger partial charge on any atom is -0.380 e. The van der Waals surface area contributed by atoms with Crippen molar-refractivity contribution in [1.29, 1.82) is 0 Å². The van der Waals surface area contributed by atoms with Gasteiger partial charge in [-0.1, -0.05) is 18.2 Å². The first-order valence-electron chi connectivity index (χ1n) is 6.42. The molecule has 0 aliphatic rings. The normalized spacial score (nSPS) is 11.5. The second-order valence-corrected chi connectivity index (χ2v) is 4.76. The zero-order valence-corrected chi connectivity index (χ0v) is 11.7. The Morgan fingerprint density at radius 1 is 1.24 bits per heavy atom. The number of azo groups is 1. The van der Waals surface area contributed by atoms with E-state index in [0.717, 1.165) is 11.3 Å². The van der Waals surface area contributed by atoms with E-state index in [0.29, 0.717) is 17.0 Å². The summed E-state index contributed by atoms with van der Waals surface area (Å²) in [7, 11) is 0. The lowest BCUT2D eigenvalue weighted by Crippen LogP contribution is -2.09. The minimum atomic E-state index is -0.229. The molecular formula is C14H14N6O. The number of anilines is 1. The van der Waals surface area contributed by atoms with Crippen molar-refractivity contribution < 1.29 is 0 Å². The molecule has 2 aromatic heterocycles. The number of nitrogens with two attached hydrogens (primary N) is 1. The average Bonchev–Trinajstić information content (AvgIpc) is 2.75. The number of hydrogen-bond donors (Lipinski definition) is 2. The fraction of sp³-hybridized carbons (Fsp3) is 0.143. The van der Waals surface area contributed by atoms with Crippen molar-refractivity contribution in [2.75, 3.05) is 5.73 Å². The molecule has 3 aromatic rings. The predicted molar refractivity (Wildman–Crippen MR) is 80.3 cm³/mol. The standard InChI is InChI=1S/C14H14N6O/c1-8-5-3-4-6-10(8)17-18-12-13(15)19-20-9(2)7-11(21)16-14(12)20/h3-7H,1-2H3,(H2,15,19)(H,16,21). The predicted octanol–water partition coefficient (Wildman–Crippen LogP) is 2.64. The zero-order chi connectivity index (χ0) is 15.0. The van der Waals surface area contributed by atoms with E-state index in [1.807, 2.05) is 31.2 Å². The van der Waals surface area contributed by atoms with Crippen LogP contribution in [0.2, 0.25) is 0 Å². The molecule has 7 nitrogen and oxygen atoms in total. The lowest BCUT2D eigenvalue weighted by atomic mass is 10.2. The highest BCUT2D eigenvalue weighted by atomic mass is 16.1. The van der Waals surface area contributed by atoms with Gasteiger partial charge >= 0.3 is 0 Å². The fourth-order valence-corrected chi connectivity index (χ4v) is 2.08. The summed E-state index contributed by atoms with van der Waals surface area (Å²) in [4.78, 5) is 14.3. The van der Waals surface area contributed by atoms with Gasteiger partial charge in [-0.25, -0.2) is 4.52 Å². The van der Waals surface area contributed by atoms with Gasteiger partial charge in [0.25, 0.3) is 5.56 Å². The Morgan fingerprint density at radius 3 is 2.76 bits per heavy atom. The molecule has 1 aromatic carbocycles. The van der Waals surface area contributed by atoms with Crippen molar-refractivity contribution in [1.82, 2.24) is 14.6 Å². The van der Waals surface area contributed by atoms with Gasteiger partial charge in [-0.05, 0) is 25.5 Å². The Hall–Kier alpha value is -2.96. The van der Waals surface area contributed by atoms with Gasteiger partial charge in [-0.15, -0.1) is 10.2 Å². The number of hydrogen-bond acceptors (Lipinski definition) is 5. The minimum absolute atomic E-state index is 0.220. The summed E-state index contributed by atoms with van der Waals surface area (Å²) in [6.45, 7) is 3.72. The van der Waals surface area contributed by atoms with Gasteiger partial charge in [0.2, 0.25) is 0 Å². The van der Waals surface area contributed by atoms with Crippen molar-refractivity contribution >= 4 is 22.8 Å². The molecule has 3 rings (SSSR count). The third-order valence-electron chi connectivity index (χ3n) is 3.18. The van der Waals surface area contributed by atoms with E-state index in [-0.39, 0.29) is 11.4 Å². The molecule has 0 aliphatic heterocycles. The first kappa shape index (κ1) is 13.0. The van der Waals surface area contributed by atoms with Crippen LogP contribution in [0.3, 0.4) is 0 Å². The molecule has 0 saturated carbocycles. The van der Waals surface area contributed by atoms with Crippen molar-refractivity contribution in [2.45, 2.75) is 13.8 Å². The first-order chi connectivity index (χ1) is 10.1. The number of nitrogens with one attached hydrogen (secondary N) is 1. The molecule has 0 fully saturated rings. The van der Waals surface area contributed by atoms with Crippen LogP contribution in [0.1, 0.15) is 11.3 Å². The third-order valence-corrected chi connectivity index (χ3v) is 3.18. The number of aromatic amines is 1. The van der Waals surface area contributed by atoms with Gasteiger partial charge in [-0.2, -0.15) is 5.11 Å². The molecule has 0 unspecified atom stereocenters. The van der Waals surface area contributed by atoms with Crippen LogP contribution in [-0.4, -0.2) is 14.6 Å². The Labute approximate surface area is 120 Å². The van der Waals surface area contributed by atoms with E-state index in [9.17, 15) is 4.79 Å². The monoisotopic (exact) mass is 282 g/mol. The number of H-pyrrole nitrogens is 1. The summed E-state index contributed by atoms with van der Waals surface area (Å²) in [5.41, 5.74) is 8.86. The van der Waals surface area contributed by atoms with Crippen LogP contribution in [-0.2, 0) is 0 Å². The molecule has 0 atom stereocenters. The van der Waals surface area contributed by atoms with E-state index in [2.05, 4.69) is 20.3 Å². The second-order valence-electron chi connectivity index (χ2n) is 4.76. The number of aromatic nitrogens is 3. The smallest absolute Gasteiger partial charge is 0.251 e. The van der Waals surface area contributed by atoms with Crippen LogP contribution < -0.4 is 11.3 Å². The summed E-state index contributed by atoms with van der Waals surface area (Å²) in [5.74, 6) is 0.220. The van der Waals surface area contributed by atoms with Crippen LogP contribution in [0.5, 0.6) is 0 Å². The molecule has 0 amide bonds. The Kier molecular flexibility index (Phi) is 3.02. The average molecular weight is 282 g/mol. The summed E-state index contributed by atoms with van der Waals surface area (Å²) < 4.78 is 1.54. The largest absolute Gasteiger partial charge is 0.380 e. The molecular weight excluding hydrogens is 268 g/mol. The Balaban J connectivity index is 2.15. The highest BCUT2D eigenvalue weighted by Gasteiger charge is 2.12. The zero-order valence-electron chi connectivity index (χ0n) is 11.7. The van der Waals surface area contributed by atoms with Crippen molar-refractivity contribution in [3.8, 4) is 0 Å². The van der Waals surface area contributed by atoms with Crippen molar-refractivity contribution in [2.24, 2.45) is 10.2 Å². The number of fused-ring (bicyclic) bond motifs is 1. The molecule has 7 heteroatoms. The van der Waals surface area contributed by atoms with Gasteiger partial charge in [0.1, 0.15) is 0 Å². The molecule has 0 aliphatic carbocycles. The van der Waals surface area contributed by atoms with Crippen LogP contribution in [0.15, 0.2) is 45.4 Å². The molecule has 3 N–H and O–H groups in total. The van der Waals surface area contributed by atoms with Crippen LogP contribution in [0.4, 0.5) is 17.2 Å². The Morgan fingerprint density at radius 2 is 2.00 bits per heavy atom. The quantitative estimate of drug-likeness (QED) is 0.706.